The highest BCUT2D eigenvalue weighted by molar-refractivity contribution is 7.80. The largest absolute Gasteiger partial charge is 0.485 e. The van der Waals surface area contributed by atoms with Crippen LogP contribution < -0.4 is 26.4 Å². The number of piperidine rings is 1. The zero-order valence-electron chi connectivity index (χ0n) is 28.9. The minimum absolute atomic E-state index is 0.0566. The molecule has 0 bridgehead atoms. The maximum atomic E-state index is 13.5. The van der Waals surface area contributed by atoms with Crippen LogP contribution in [0.15, 0.2) is 28.7 Å². The number of anilines is 1. The lowest BCUT2D eigenvalue weighted by atomic mass is 9.84. The van der Waals surface area contributed by atoms with E-state index in [1.165, 1.54) is 26.2 Å². The number of amides is 2. The molecular weight excluding hydrogens is 725 g/mol. The highest BCUT2D eigenvalue weighted by Gasteiger charge is 2.58. The second kappa shape index (κ2) is 15.3. The summed E-state index contributed by atoms with van der Waals surface area (Å²) in [5, 5.41) is 33.7. The fourth-order valence-corrected chi connectivity index (χ4v) is 7.29. The number of carbonyl (C=O) groups excluding carboxylic acids is 2. The third kappa shape index (κ3) is 8.45. The van der Waals surface area contributed by atoms with Crippen LogP contribution in [-0.2, 0) is 45.1 Å². The van der Waals surface area contributed by atoms with Gasteiger partial charge in [-0.1, -0.05) is 5.16 Å². The monoisotopic (exact) mass is 766 g/mol. The molecule has 8 N–H and O–H groups in total. The van der Waals surface area contributed by atoms with Crippen LogP contribution in [0.25, 0.3) is 0 Å². The summed E-state index contributed by atoms with van der Waals surface area (Å²) in [7, 11) is -3.36. The Balaban J connectivity index is 1.28. The van der Waals surface area contributed by atoms with Crippen LogP contribution in [0.1, 0.15) is 56.9 Å². The van der Waals surface area contributed by atoms with Crippen molar-refractivity contribution in [2.75, 3.05) is 32.5 Å². The number of hydrogen-bond acceptors (Lipinski definition) is 15. The average Bonchev–Trinajstić information content (AvgIpc) is 3.53. The molecule has 2 fully saturated rings. The van der Waals surface area contributed by atoms with E-state index in [2.05, 4.69) is 30.4 Å². The first kappa shape index (κ1) is 38.8. The smallest absolute Gasteiger partial charge is 0.418 e. The first-order valence-electron chi connectivity index (χ1n) is 16.3. The van der Waals surface area contributed by atoms with Crippen molar-refractivity contribution in [3.63, 3.8) is 0 Å². The van der Waals surface area contributed by atoms with Crippen molar-refractivity contribution < 1.29 is 51.1 Å². The van der Waals surface area contributed by atoms with Crippen LogP contribution in [0.5, 0.6) is 5.75 Å². The Morgan fingerprint density at radius 2 is 2.08 bits per heavy atom. The van der Waals surface area contributed by atoms with Crippen molar-refractivity contribution in [1.29, 1.82) is 5.41 Å². The molecule has 2 saturated heterocycles. The number of hydrogen-bond donors (Lipinski definition) is 7. The predicted molar refractivity (Wildman–Crippen MR) is 186 cm³/mol. The number of fused-ring (bicyclic) bond motifs is 1. The molecule has 52 heavy (non-hydrogen) atoms. The number of benzene rings is 1. The molecule has 2 amide bonds. The van der Waals surface area contributed by atoms with Gasteiger partial charge in [-0.2, -0.15) is 13.5 Å². The number of nitrogens with one attached hydrogen (secondary N) is 4. The minimum atomic E-state index is -5.03. The van der Waals surface area contributed by atoms with E-state index in [0.717, 1.165) is 36.3 Å². The number of aromatic nitrogens is 1. The molecule has 21 heteroatoms. The van der Waals surface area contributed by atoms with E-state index in [4.69, 9.17) is 30.0 Å². The number of methoxy groups -OCH3 is 1. The van der Waals surface area contributed by atoms with E-state index in [1.807, 2.05) is 6.07 Å². The molecule has 3 aliphatic rings. The van der Waals surface area contributed by atoms with E-state index >= 15 is 0 Å². The maximum Gasteiger partial charge on any atom is 0.418 e. The predicted octanol–water partition coefficient (Wildman–Crippen LogP) is 0.453. The summed E-state index contributed by atoms with van der Waals surface area (Å²) in [6, 6.07) is 4.15. The highest BCUT2D eigenvalue weighted by Crippen LogP contribution is 2.35. The summed E-state index contributed by atoms with van der Waals surface area (Å²) in [5.74, 6) is -2.40. The molecule has 5 atom stereocenters. The summed E-state index contributed by atoms with van der Waals surface area (Å²) >= 11 is 0.964. The average molecular weight is 767 g/mol. The van der Waals surface area contributed by atoms with Crippen LogP contribution in [0.4, 0.5) is 5.13 Å². The first-order chi connectivity index (χ1) is 24.4. The SMILES string of the molecule is COC[C@@H]1C[C@@H](CNC(=N)c2ccc3c(c2)CC[C@H]([C@](C)(O/N=C(\C(=O)N[C@@H]2C(=O)N(OS(=O)(=O)O)C2(C)C)c2csc(N)n2)C(=O)O)O3)CCN1. The number of carbonyl (C=O) groups is 3. The molecule has 1 aromatic carbocycles. The van der Waals surface area contributed by atoms with E-state index < -0.39 is 57.2 Å². The number of thiazole rings is 1. The number of carboxylic acid groups (broad SMARTS) is 1. The van der Waals surface area contributed by atoms with Gasteiger partial charge < -0.3 is 41.1 Å². The van der Waals surface area contributed by atoms with Gasteiger partial charge >= 0.3 is 16.4 Å². The third-order valence-electron chi connectivity index (χ3n) is 9.30. The number of aliphatic carboxylic acids is 1. The number of nitrogens with two attached hydrogens (primary N) is 1. The van der Waals surface area contributed by atoms with Gasteiger partial charge in [-0.05, 0) is 82.7 Å². The van der Waals surface area contributed by atoms with E-state index in [-0.39, 0.29) is 29.1 Å². The molecule has 0 radical (unpaired) electrons. The fourth-order valence-electron chi connectivity index (χ4n) is 6.29. The topological polar surface area (TPSA) is 277 Å². The van der Waals surface area contributed by atoms with Crippen molar-refractivity contribution >= 4 is 56.2 Å². The summed E-state index contributed by atoms with van der Waals surface area (Å²) in [4.78, 5) is 48.5. The zero-order valence-corrected chi connectivity index (χ0v) is 30.5. The molecule has 1 aromatic heterocycles. The molecular formula is C31H42N8O11S2. The second-order valence-corrected chi connectivity index (χ2v) is 15.3. The van der Waals surface area contributed by atoms with Crippen LogP contribution in [0.2, 0.25) is 0 Å². The molecule has 284 valence electrons. The Hall–Kier alpha value is -4.41. The minimum Gasteiger partial charge on any atom is -0.485 e. The van der Waals surface area contributed by atoms with Gasteiger partial charge in [0.05, 0.1) is 12.1 Å². The molecule has 3 aliphatic heterocycles. The van der Waals surface area contributed by atoms with E-state index in [1.54, 1.807) is 19.2 Å². The van der Waals surface area contributed by atoms with Gasteiger partial charge in [-0.15, -0.1) is 15.6 Å². The Morgan fingerprint density at radius 1 is 1.33 bits per heavy atom. The lowest BCUT2D eigenvalue weighted by molar-refractivity contribution is -0.218. The maximum absolute atomic E-state index is 13.5. The van der Waals surface area contributed by atoms with Gasteiger partial charge in [0, 0.05) is 30.6 Å². The van der Waals surface area contributed by atoms with Crippen LogP contribution >= 0.6 is 11.3 Å². The Labute approximate surface area is 303 Å². The highest BCUT2D eigenvalue weighted by atomic mass is 32.3. The Kier molecular flexibility index (Phi) is 11.4. The Morgan fingerprint density at radius 3 is 2.71 bits per heavy atom. The van der Waals surface area contributed by atoms with Gasteiger partial charge in [0.25, 0.3) is 17.4 Å². The number of rotatable bonds is 14. The first-order valence-corrected chi connectivity index (χ1v) is 18.5. The molecule has 2 aromatic rings. The number of nitrogens with zero attached hydrogens (tertiary/aromatic N) is 3. The number of amidine groups is 1. The van der Waals surface area contributed by atoms with Crippen molar-refractivity contribution in [3.8, 4) is 5.75 Å². The molecule has 5 rings (SSSR count). The van der Waals surface area contributed by atoms with Crippen LogP contribution in [-0.4, -0.2) is 114 Å². The Bertz CT molecular complexity index is 1850. The van der Waals surface area contributed by atoms with Crippen LogP contribution in [0.3, 0.4) is 0 Å². The van der Waals surface area contributed by atoms with Crippen molar-refractivity contribution in [3.05, 3.63) is 40.4 Å². The van der Waals surface area contributed by atoms with Gasteiger partial charge in [-0.25, -0.2) is 9.78 Å². The van der Waals surface area contributed by atoms with Crippen molar-refractivity contribution in [1.82, 2.24) is 26.0 Å². The number of hydroxylamine groups is 2. The lowest BCUT2D eigenvalue weighted by Gasteiger charge is -2.50. The molecule has 0 spiro atoms. The van der Waals surface area contributed by atoms with Gasteiger partial charge in [0.2, 0.25) is 0 Å². The molecule has 0 unspecified atom stereocenters. The number of aryl methyl sites for hydroxylation is 1. The summed E-state index contributed by atoms with van der Waals surface area (Å²) in [5.41, 5.74) is 3.02. The zero-order chi connectivity index (χ0) is 38.0. The molecule has 0 aliphatic carbocycles. The molecule has 4 heterocycles. The van der Waals surface area contributed by atoms with Crippen molar-refractivity contribution in [2.24, 2.45) is 11.1 Å². The quantitative estimate of drug-likeness (QED) is 0.0452. The fraction of sp³-hybridized carbons (Fsp3) is 0.548. The molecule has 0 saturated carbocycles. The van der Waals surface area contributed by atoms with Gasteiger partial charge in [-0.3, -0.25) is 19.6 Å². The number of ether oxygens (including phenoxy) is 2. The molecule has 19 nitrogen and oxygen atoms in total. The summed E-state index contributed by atoms with van der Waals surface area (Å²) in [6.45, 7) is 6.15. The second-order valence-electron chi connectivity index (χ2n) is 13.4. The third-order valence-corrected chi connectivity index (χ3v) is 10.3. The number of carboxylic acids is 1. The van der Waals surface area contributed by atoms with E-state index in [9.17, 15) is 27.9 Å². The van der Waals surface area contributed by atoms with Gasteiger partial charge in [0.15, 0.2) is 16.9 Å². The number of β-lactam (4-membered cyclic amide) rings is 1. The lowest BCUT2D eigenvalue weighted by Crippen LogP contribution is -2.76. The number of oxime groups is 1. The van der Waals surface area contributed by atoms with E-state index in [0.29, 0.717) is 41.9 Å². The summed E-state index contributed by atoms with van der Waals surface area (Å²) < 4.78 is 47.1. The van der Waals surface area contributed by atoms with Gasteiger partial charge in [0.1, 0.15) is 23.3 Å². The number of nitrogen functional groups attached to an aromatic ring is 1. The van der Waals surface area contributed by atoms with Crippen LogP contribution in [0, 0.1) is 11.3 Å². The normalized spacial score (nSPS) is 24.1. The summed E-state index contributed by atoms with van der Waals surface area (Å²) in [6.07, 6.45) is 1.43. The standard InChI is InChI=1S/C31H42N8O11S2/c1-30(2)24(27(41)39(30)50-52(44,45)46)37-26(40)23(20-15-51-29(33)36-20)38-49-31(3,28(42)43)22-8-6-17-12-18(5-7-21(17)48-22)25(32)35-13-16-9-10-34-19(11-16)14-47-4/h5,7,12,15-16,19,22,24,34H,6,8-11,13-14H2,1-4H3,(H2,32,35)(H2,33,36)(H,37,40)(H,42,43)(H,44,45,46)/b38-23-/t16-,19-,22+,24+,31-/m0/s1. The van der Waals surface area contributed by atoms with Crippen molar-refractivity contribution in [2.45, 2.75) is 75.8 Å².